The van der Waals surface area contributed by atoms with Crippen LogP contribution in [0.1, 0.15) is 44.8 Å². The number of likely N-dealkylation sites (tertiary alicyclic amines) is 1. The maximum Gasteiger partial charge on any atom is 0.246 e. The van der Waals surface area contributed by atoms with Crippen molar-refractivity contribution in [2.75, 3.05) is 6.54 Å². The Morgan fingerprint density at radius 1 is 1.47 bits per heavy atom. The van der Waals surface area contributed by atoms with Crippen LogP contribution in [0.3, 0.4) is 0 Å². The van der Waals surface area contributed by atoms with Gasteiger partial charge in [0.05, 0.1) is 12.1 Å². The molecule has 0 aromatic carbocycles. The van der Waals surface area contributed by atoms with Gasteiger partial charge in [-0.1, -0.05) is 5.16 Å². The lowest BCUT2D eigenvalue weighted by Gasteiger charge is -2.24. The molecule has 0 radical (unpaired) electrons. The van der Waals surface area contributed by atoms with Gasteiger partial charge in [0, 0.05) is 13.0 Å². The molecule has 0 bridgehead atoms. The fraction of sp³-hybridized carbons (Fsp3) is 0.727. The van der Waals surface area contributed by atoms with E-state index < -0.39 is 5.54 Å². The maximum atomic E-state index is 11.6. The average molecular weight is 238 g/mol. The van der Waals surface area contributed by atoms with Crippen molar-refractivity contribution in [3.63, 3.8) is 0 Å². The van der Waals surface area contributed by atoms with Crippen molar-refractivity contribution in [1.29, 1.82) is 0 Å². The van der Waals surface area contributed by atoms with Gasteiger partial charge >= 0.3 is 0 Å². The van der Waals surface area contributed by atoms with Crippen molar-refractivity contribution in [3.8, 4) is 0 Å². The number of hydrogen-bond donors (Lipinski definition) is 1. The summed E-state index contributed by atoms with van der Waals surface area (Å²) in [5.74, 6) is 1.08. The van der Waals surface area contributed by atoms with E-state index in [0.29, 0.717) is 24.7 Å². The van der Waals surface area contributed by atoms with Crippen LogP contribution >= 0.6 is 0 Å². The van der Waals surface area contributed by atoms with Crippen LogP contribution in [0, 0.1) is 0 Å². The molecule has 1 amide bonds. The topological polar surface area (TPSA) is 85.2 Å². The predicted octanol–water partition coefficient (Wildman–Crippen LogP) is 0.776. The summed E-state index contributed by atoms with van der Waals surface area (Å²) in [5, 5.41) is 3.83. The summed E-state index contributed by atoms with van der Waals surface area (Å²) >= 11 is 0. The Balaban J connectivity index is 2.03. The van der Waals surface area contributed by atoms with Gasteiger partial charge in [-0.15, -0.1) is 0 Å². The Bertz CT molecular complexity index is 408. The highest BCUT2D eigenvalue weighted by Crippen LogP contribution is 2.16. The van der Waals surface area contributed by atoms with E-state index in [2.05, 4.69) is 10.1 Å². The van der Waals surface area contributed by atoms with E-state index in [9.17, 15) is 4.79 Å². The van der Waals surface area contributed by atoms with Crippen molar-refractivity contribution < 1.29 is 9.32 Å². The van der Waals surface area contributed by atoms with Gasteiger partial charge < -0.3 is 15.2 Å². The van der Waals surface area contributed by atoms with Crippen LogP contribution in [-0.4, -0.2) is 27.5 Å². The van der Waals surface area contributed by atoms with Crippen molar-refractivity contribution >= 4 is 5.91 Å². The highest BCUT2D eigenvalue weighted by molar-refractivity contribution is 5.76. The van der Waals surface area contributed by atoms with Crippen LogP contribution in [0.25, 0.3) is 0 Å². The van der Waals surface area contributed by atoms with Gasteiger partial charge in [0.1, 0.15) is 0 Å². The molecule has 1 aromatic heterocycles. The largest absolute Gasteiger partial charge is 0.337 e. The number of nitrogens with zero attached hydrogens (tertiary/aromatic N) is 3. The van der Waals surface area contributed by atoms with E-state index in [1.165, 1.54) is 0 Å². The van der Waals surface area contributed by atoms with Gasteiger partial charge in [0.15, 0.2) is 5.82 Å². The summed E-state index contributed by atoms with van der Waals surface area (Å²) in [4.78, 5) is 17.6. The highest BCUT2D eigenvalue weighted by Gasteiger charge is 2.24. The minimum Gasteiger partial charge on any atom is -0.337 e. The number of hydrogen-bond acceptors (Lipinski definition) is 5. The van der Waals surface area contributed by atoms with Crippen LogP contribution in [0.4, 0.5) is 0 Å². The maximum absolute atomic E-state index is 11.6. The molecule has 1 saturated heterocycles. The number of aromatic nitrogens is 2. The van der Waals surface area contributed by atoms with Crippen molar-refractivity contribution in [2.45, 2.75) is 45.2 Å². The molecule has 1 fully saturated rings. The number of piperidine rings is 1. The number of carbonyl (C=O) groups is 1. The predicted molar refractivity (Wildman–Crippen MR) is 60.8 cm³/mol. The third kappa shape index (κ3) is 2.82. The molecule has 1 aliphatic heterocycles. The first-order valence-corrected chi connectivity index (χ1v) is 5.86. The molecule has 2 N–H and O–H groups in total. The molecule has 0 aliphatic carbocycles. The van der Waals surface area contributed by atoms with Gasteiger partial charge in [-0.3, -0.25) is 4.79 Å². The molecule has 1 aliphatic rings. The lowest BCUT2D eigenvalue weighted by Crippen LogP contribution is -2.35. The van der Waals surface area contributed by atoms with E-state index in [0.717, 1.165) is 19.4 Å². The van der Waals surface area contributed by atoms with E-state index in [1.807, 2.05) is 13.8 Å². The van der Waals surface area contributed by atoms with Gasteiger partial charge in [0.2, 0.25) is 11.8 Å². The quantitative estimate of drug-likeness (QED) is 0.840. The molecule has 94 valence electrons. The monoisotopic (exact) mass is 238 g/mol. The zero-order valence-corrected chi connectivity index (χ0v) is 10.3. The first kappa shape index (κ1) is 12.0. The second kappa shape index (κ2) is 4.44. The van der Waals surface area contributed by atoms with Crippen LogP contribution in [0.2, 0.25) is 0 Å². The number of carbonyl (C=O) groups excluding carboxylic acids is 1. The number of amides is 1. The molecule has 0 atom stereocenters. The molecular formula is C11H18N4O2. The fourth-order valence-electron chi connectivity index (χ4n) is 1.77. The van der Waals surface area contributed by atoms with Crippen LogP contribution in [-0.2, 0) is 16.9 Å². The molecule has 0 saturated carbocycles. The third-order valence-corrected chi connectivity index (χ3v) is 2.79. The van der Waals surface area contributed by atoms with E-state index in [1.54, 1.807) is 4.90 Å². The van der Waals surface area contributed by atoms with E-state index in [4.69, 9.17) is 10.3 Å². The van der Waals surface area contributed by atoms with Crippen LogP contribution in [0.5, 0.6) is 0 Å². The summed E-state index contributed by atoms with van der Waals surface area (Å²) in [6, 6.07) is 0. The Hall–Kier alpha value is -1.43. The summed E-state index contributed by atoms with van der Waals surface area (Å²) in [5.41, 5.74) is 5.25. The zero-order chi connectivity index (χ0) is 12.5. The van der Waals surface area contributed by atoms with E-state index in [-0.39, 0.29) is 5.91 Å². The lowest BCUT2D eigenvalue weighted by atomic mass is 10.1. The Morgan fingerprint density at radius 2 is 2.24 bits per heavy atom. The van der Waals surface area contributed by atoms with Crippen molar-refractivity contribution in [1.82, 2.24) is 15.0 Å². The second-order valence-electron chi connectivity index (χ2n) is 5.01. The number of rotatable bonds is 3. The van der Waals surface area contributed by atoms with Gasteiger partial charge in [-0.25, -0.2) is 0 Å². The Kier molecular flexibility index (Phi) is 3.15. The SMILES string of the molecule is CC(C)(N)c1noc(CN2CCCCC2=O)n1. The first-order valence-electron chi connectivity index (χ1n) is 5.86. The minimum absolute atomic E-state index is 0.156. The lowest BCUT2D eigenvalue weighted by molar-refractivity contribution is -0.134. The molecule has 6 heteroatoms. The van der Waals surface area contributed by atoms with E-state index >= 15 is 0 Å². The summed E-state index contributed by atoms with van der Waals surface area (Å²) in [6.07, 6.45) is 2.62. The Morgan fingerprint density at radius 3 is 2.82 bits per heavy atom. The summed E-state index contributed by atoms with van der Waals surface area (Å²) in [7, 11) is 0. The zero-order valence-electron chi connectivity index (χ0n) is 10.3. The molecule has 0 unspecified atom stereocenters. The molecule has 6 nitrogen and oxygen atoms in total. The molecule has 2 rings (SSSR count). The Labute approximate surface area is 100 Å². The van der Waals surface area contributed by atoms with Gasteiger partial charge in [-0.2, -0.15) is 4.98 Å². The summed E-state index contributed by atoms with van der Waals surface area (Å²) in [6.45, 7) is 4.78. The van der Waals surface area contributed by atoms with Crippen LogP contribution < -0.4 is 5.73 Å². The van der Waals surface area contributed by atoms with Crippen molar-refractivity contribution in [3.05, 3.63) is 11.7 Å². The summed E-state index contributed by atoms with van der Waals surface area (Å²) < 4.78 is 5.11. The molecule has 0 spiro atoms. The molecule has 17 heavy (non-hydrogen) atoms. The normalized spacial score (nSPS) is 17.6. The van der Waals surface area contributed by atoms with Gasteiger partial charge in [0.25, 0.3) is 0 Å². The average Bonchev–Trinajstić information content (AvgIpc) is 2.69. The molecular weight excluding hydrogens is 220 g/mol. The van der Waals surface area contributed by atoms with Crippen molar-refractivity contribution in [2.24, 2.45) is 5.73 Å². The van der Waals surface area contributed by atoms with Crippen LogP contribution in [0.15, 0.2) is 4.52 Å². The minimum atomic E-state index is -0.617. The van der Waals surface area contributed by atoms with Gasteiger partial charge in [-0.05, 0) is 26.7 Å². The molecule has 2 heterocycles. The third-order valence-electron chi connectivity index (χ3n) is 2.79. The number of nitrogens with two attached hydrogens (primary N) is 1. The smallest absolute Gasteiger partial charge is 0.246 e. The second-order valence-corrected chi connectivity index (χ2v) is 5.01. The first-order chi connectivity index (χ1) is 7.97. The standard InChI is InChI=1S/C11H18N4O2/c1-11(2,12)10-13-8(17-14-10)7-15-6-4-3-5-9(15)16/h3-7,12H2,1-2H3. The fourth-order valence-corrected chi connectivity index (χ4v) is 1.77. The highest BCUT2D eigenvalue weighted by atomic mass is 16.5. The molecule has 1 aromatic rings.